The Morgan fingerprint density at radius 2 is 1.85 bits per heavy atom. The summed E-state index contributed by atoms with van der Waals surface area (Å²) in [6.07, 6.45) is 0. The van der Waals surface area contributed by atoms with Crippen LogP contribution in [0.4, 0.5) is 0 Å². The maximum absolute atomic E-state index is 5.40. The predicted molar refractivity (Wildman–Crippen MR) is 77.4 cm³/mol. The van der Waals surface area contributed by atoms with E-state index in [0.717, 1.165) is 44.1 Å². The normalized spacial score (nSPS) is 16.5. The summed E-state index contributed by atoms with van der Waals surface area (Å²) in [7, 11) is 0. The average molecular weight is 272 g/mol. The van der Waals surface area contributed by atoms with Crippen LogP contribution in [0.1, 0.15) is 17.0 Å². The van der Waals surface area contributed by atoms with E-state index in [4.69, 9.17) is 4.52 Å². The average Bonchev–Trinajstić information content (AvgIpc) is 2.87. The van der Waals surface area contributed by atoms with Gasteiger partial charge in [-0.25, -0.2) is 0 Å². The van der Waals surface area contributed by atoms with Gasteiger partial charge in [-0.2, -0.15) is 4.98 Å². The lowest BCUT2D eigenvalue weighted by atomic mass is 10.1. The van der Waals surface area contributed by atoms with Gasteiger partial charge in [0.1, 0.15) is 0 Å². The molecule has 0 saturated carbocycles. The molecule has 1 fully saturated rings. The lowest BCUT2D eigenvalue weighted by Crippen LogP contribution is -2.43. The van der Waals surface area contributed by atoms with Crippen LogP contribution in [0.3, 0.4) is 0 Å². The Bertz CT molecular complexity index is 567. The number of aryl methyl sites for hydroxylation is 2. The van der Waals surface area contributed by atoms with E-state index in [2.05, 4.69) is 52.4 Å². The predicted octanol–water partition coefficient (Wildman–Crippen LogP) is 1.76. The molecule has 0 unspecified atom stereocenters. The molecule has 3 rings (SSSR count). The van der Waals surface area contributed by atoms with Gasteiger partial charge < -0.3 is 9.84 Å². The molecule has 1 N–H and O–H groups in total. The molecule has 106 valence electrons. The molecule has 0 aliphatic carbocycles. The van der Waals surface area contributed by atoms with Crippen molar-refractivity contribution in [1.29, 1.82) is 0 Å². The van der Waals surface area contributed by atoms with Crippen molar-refractivity contribution in [3.63, 3.8) is 0 Å². The number of nitrogens with one attached hydrogen (secondary N) is 1. The van der Waals surface area contributed by atoms with Crippen LogP contribution in [0, 0.1) is 13.8 Å². The summed E-state index contributed by atoms with van der Waals surface area (Å²) < 4.78 is 5.40. The van der Waals surface area contributed by atoms with Crippen molar-refractivity contribution in [2.45, 2.75) is 20.4 Å². The van der Waals surface area contributed by atoms with Crippen LogP contribution in [-0.4, -0.2) is 41.2 Å². The summed E-state index contributed by atoms with van der Waals surface area (Å²) in [5.74, 6) is 1.38. The first-order chi connectivity index (χ1) is 9.70. The molecule has 1 aliphatic rings. The monoisotopic (exact) mass is 272 g/mol. The Kier molecular flexibility index (Phi) is 3.80. The molecule has 1 saturated heterocycles. The summed E-state index contributed by atoms with van der Waals surface area (Å²) in [5, 5.41) is 7.44. The van der Waals surface area contributed by atoms with Crippen LogP contribution in [-0.2, 0) is 6.54 Å². The molecular formula is C15H20N4O. The van der Waals surface area contributed by atoms with Crippen molar-refractivity contribution in [3.05, 3.63) is 35.2 Å². The standard InChI is InChI=1S/C15H20N4O/c1-11-7-12(2)9-13(8-11)15-17-14(18-20-15)10-19-5-3-16-4-6-19/h7-9,16H,3-6,10H2,1-2H3. The molecule has 0 spiro atoms. The number of benzene rings is 1. The van der Waals surface area contributed by atoms with Crippen molar-refractivity contribution in [1.82, 2.24) is 20.4 Å². The van der Waals surface area contributed by atoms with Gasteiger partial charge in [0, 0.05) is 31.7 Å². The van der Waals surface area contributed by atoms with Crippen molar-refractivity contribution >= 4 is 0 Å². The van der Waals surface area contributed by atoms with Crippen molar-refractivity contribution < 1.29 is 4.52 Å². The third kappa shape index (κ3) is 3.05. The minimum absolute atomic E-state index is 0.613. The van der Waals surface area contributed by atoms with Gasteiger partial charge in [-0.3, -0.25) is 4.90 Å². The van der Waals surface area contributed by atoms with Gasteiger partial charge >= 0.3 is 0 Å². The van der Waals surface area contributed by atoms with E-state index in [1.165, 1.54) is 11.1 Å². The van der Waals surface area contributed by atoms with E-state index in [0.29, 0.717) is 5.89 Å². The van der Waals surface area contributed by atoms with E-state index in [1.54, 1.807) is 0 Å². The Balaban J connectivity index is 1.75. The van der Waals surface area contributed by atoms with Gasteiger partial charge in [0.05, 0.1) is 6.54 Å². The molecule has 1 aromatic heterocycles. The third-order valence-electron chi connectivity index (χ3n) is 3.51. The SMILES string of the molecule is Cc1cc(C)cc(-c2nc(CN3CCNCC3)no2)c1. The second kappa shape index (κ2) is 5.73. The lowest BCUT2D eigenvalue weighted by Gasteiger charge is -2.25. The number of aromatic nitrogens is 2. The van der Waals surface area contributed by atoms with Crippen LogP contribution >= 0.6 is 0 Å². The van der Waals surface area contributed by atoms with E-state index >= 15 is 0 Å². The topological polar surface area (TPSA) is 54.2 Å². The maximum Gasteiger partial charge on any atom is 0.257 e. The molecule has 5 heteroatoms. The van der Waals surface area contributed by atoms with Crippen molar-refractivity contribution in [2.24, 2.45) is 0 Å². The van der Waals surface area contributed by atoms with E-state index in [-0.39, 0.29) is 0 Å². The molecule has 2 heterocycles. The Morgan fingerprint density at radius 1 is 1.15 bits per heavy atom. The lowest BCUT2D eigenvalue weighted by molar-refractivity contribution is 0.225. The maximum atomic E-state index is 5.40. The van der Waals surface area contributed by atoms with Gasteiger partial charge in [0.2, 0.25) is 0 Å². The van der Waals surface area contributed by atoms with Gasteiger partial charge in [-0.05, 0) is 26.0 Å². The summed E-state index contributed by atoms with van der Waals surface area (Å²) >= 11 is 0. The van der Waals surface area contributed by atoms with E-state index in [1.807, 2.05) is 0 Å². The zero-order valence-corrected chi connectivity index (χ0v) is 12.0. The molecule has 0 atom stereocenters. The van der Waals surface area contributed by atoms with Gasteiger partial charge in [-0.1, -0.05) is 22.3 Å². The molecular weight excluding hydrogens is 252 g/mol. The summed E-state index contributed by atoms with van der Waals surface area (Å²) in [5.41, 5.74) is 3.42. The van der Waals surface area contributed by atoms with Crippen molar-refractivity contribution in [2.75, 3.05) is 26.2 Å². The second-order valence-electron chi connectivity index (χ2n) is 5.42. The highest BCUT2D eigenvalue weighted by molar-refractivity contribution is 5.55. The van der Waals surface area contributed by atoms with Crippen LogP contribution < -0.4 is 5.32 Å². The molecule has 5 nitrogen and oxygen atoms in total. The Labute approximate surface area is 119 Å². The molecule has 0 bridgehead atoms. The zero-order valence-electron chi connectivity index (χ0n) is 12.0. The fourth-order valence-electron chi connectivity index (χ4n) is 2.60. The first-order valence-electron chi connectivity index (χ1n) is 7.05. The molecule has 1 aliphatic heterocycles. The highest BCUT2D eigenvalue weighted by Crippen LogP contribution is 2.20. The fraction of sp³-hybridized carbons (Fsp3) is 0.467. The minimum atomic E-state index is 0.613. The van der Waals surface area contributed by atoms with Crippen LogP contribution in [0.15, 0.2) is 22.7 Å². The summed E-state index contributed by atoms with van der Waals surface area (Å²) in [4.78, 5) is 6.86. The largest absolute Gasteiger partial charge is 0.334 e. The highest BCUT2D eigenvalue weighted by atomic mass is 16.5. The number of hydrogen-bond donors (Lipinski definition) is 1. The number of nitrogens with zero attached hydrogens (tertiary/aromatic N) is 3. The third-order valence-corrected chi connectivity index (χ3v) is 3.51. The van der Waals surface area contributed by atoms with Crippen molar-refractivity contribution in [3.8, 4) is 11.5 Å². The summed E-state index contributed by atoms with van der Waals surface area (Å²) in [6.45, 7) is 9.05. The molecule has 0 amide bonds. The number of hydrogen-bond acceptors (Lipinski definition) is 5. The van der Waals surface area contributed by atoms with Gasteiger partial charge in [0.15, 0.2) is 5.82 Å². The second-order valence-corrected chi connectivity index (χ2v) is 5.42. The summed E-state index contributed by atoms with van der Waals surface area (Å²) in [6, 6.07) is 6.30. The van der Waals surface area contributed by atoms with E-state index < -0.39 is 0 Å². The highest BCUT2D eigenvalue weighted by Gasteiger charge is 2.15. The van der Waals surface area contributed by atoms with Crippen LogP contribution in [0.2, 0.25) is 0 Å². The minimum Gasteiger partial charge on any atom is -0.334 e. The molecule has 0 radical (unpaired) electrons. The number of piperazine rings is 1. The molecule has 20 heavy (non-hydrogen) atoms. The van der Waals surface area contributed by atoms with Crippen LogP contribution in [0.5, 0.6) is 0 Å². The Morgan fingerprint density at radius 3 is 2.55 bits per heavy atom. The van der Waals surface area contributed by atoms with Crippen LogP contribution in [0.25, 0.3) is 11.5 Å². The molecule has 2 aromatic rings. The fourth-order valence-corrected chi connectivity index (χ4v) is 2.60. The quantitative estimate of drug-likeness (QED) is 0.922. The first-order valence-corrected chi connectivity index (χ1v) is 7.05. The zero-order chi connectivity index (χ0) is 13.9. The first kappa shape index (κ1) is 13.3. The molecule has 1 aromatic carbocycles. The van der Waals surface area contributed by atoms with Gasteiger partial charge in [0.25, 0.3) is 5.89 Å². The van der Waals surface area contributed by atoms with Gasteiger partial charge in [-0.15, -0.1) is 0 Å². The number of rotatable bonds is 3. The van der Waals surface area contributed by atoms with E-state index in [9.17, 15) is 0 Å². The Hall–Kier alpha value is -1.72. The smallest absolute Gasteiger partial charge is 0.257 e.